The third-order valence-corrected chi connectivity index (χ3v) is 4.68. The van der Waals surface area contributed by atoms with Crippen molar-refractivity contribution in [3.63, 3.8) is 0 Å². The van der Waals surface area contributed by atoms with Crippen molar-refractivity contribution < 1.29 is 32.7 Å². The second-order valence-electron chi connectivity index (χ2n) is 6.90. The first-order valence-electron chi connectivity index (χ1n) is 9.39. The molecule has 0 bridgehead atoms. The highest BCUT2D eigenvalue weighted by atomic mass is 19.1. The molecule has 0 aliphatic carbocycles. The van der Waals surface area contributed by atoms with Crippen LogP contribution in [-0.4, -0.2) is 44.3 Å². The van der Waals surface area contributed by atoms with Gasteiger partial charge in [-0.1, -0.05) is 12.1 Å². The number of nitrogens with one attached hydrogen (secondary N) is 2. The summed E-state index contributed by atoms with van der Waals surface area (Å²) in [7, 11) is 0. The maximum absolute atomic E-state index is 13.6. The lowest BCUT2D eigenvalue weighted by molar-refractivity contribution is -0.921. The second-order valence-corrected chi connectivity index (χ2v) is 6.90. The largest absolute Gasteiger partial charge is 0.449 e. The fraction of sp³-hybridized carbons (Fsp3) is 0.333. The number of anilines is 1. The van der Waals surface area contributed by atoms with Gasteiger partial charge in [-0.25, -0.2) is 13.6 Å². The first-order chi connectivity index (χ1) is 13.9. The number of ether oxygens (including phenoxy) is 2. The van der Waals surface area contributed by atoms with E-state index in [9.17, 15) is 18.4 Å². The Hall–Kier alpha value is -2.84. The summed E-state index contributed by atoms with van der Waals surface area (Å²) in [5.74, 6) is -2.89. The molecule has 1 saturated heterocycles. The van der Waals surface area contributed by atoms with Gasteiger partial charge in [0.2, 0.25) is 0 Å². The van der Waals surface area contributed by atoms with Crippen LogP contribution in [0.2, 0.25) is 0 Å². The molecule has 154 valence electrons. The number of carbonyl (C=O) groups is 2. The lowest BCUT2D eigenvalue weighted by Crippen LogP contribution is -3.12. The predicted octanol–water partition coefficient (Wildman–Crippen LogP) is 1.56. The van der Waals surface area contributed by atoms with E-state index in [4.69, 9.17) is 9.47 Å². The summed E-state index contributed by atoms with van der Waals surface area (Å²) in [6.07, 6.45) is -1.18. The Balaban J connectivity index is 1.54. The summed E-state index contributed by atoms with van der Waals surface area (Å²) >= 11 is 0. The van der Waals surface area contributed by atoms with Gasteiger partial charge in [0.1, 0.15) is 31.3 Å². The molecule has 29 heavy (non-hydrogen) atoms. The van der Waals surface area contributed by atoms with E-state index in [1.165, 1.54) is 11.8 Å². The molecule has 1 atom stereocenters. The maximum Gasteiger partial charge on any atom is 0.338 e. The minimum atomic E-state index is -1.18. The Morgan fingerprint density at radius 3 is 2.52 bits per heavy atom. The molecule has 6 nitrogen and oxygen atoms in total. The van der Waals surface area contributed by atoms with E-state index < -0.39 is 29.6 Å². The van der Waals surface area contributed by atoms with Crippen molar-refractivity contribution in [1.29, 1.82) is 0 Å². The number of halogens is 2. The van der Waals surface area contributed by atoms with Gasteiger partial charge in [0, 0.05) is 11.6 Å². The van der Waals surface area contributed by atoms with Crippen molar-refractivity contribution in [3.8, 4) is 0 Å². The van der Waals surface area contributed by atoms with Gasteiger partial charge >= 0.3 is 5.97 Å². The SMILES string of the molecule is C[C@@H](OC(=O)c1ccc(C[NH+]2CCOCC2)cc1)C(=O)Nc1cc(F)ccc1F. The maximum atomic E-state index is 13.6. The van der Waals surface area contributed by atoms with Crippen molar-refractivity contribution in [2.45, 2.75) is 19.6 Å². The average Bonchev–Trinajstić information content (AvgIpc) is 2.72. The van der Waals surface area contributed by atoms with Crippen LogP contribution in [0.5, 0.6) is 0 Å². The van der Waals surface area contributed by atoms with Crippen LogP contribution in [0.4, 0.5) is 14.5 Å². The lowest BCUT2D eigenvalue weighted by atomic mass is 10.1. The van der Waals surface area contributed by atoms with Gasteiger partial charge in [-0.15, -0.1) is 0 Å². The smallest absolute Gasteiger partial charge is 0.338 e. The third-order valence-electron chi connectivity index (χ3n) is 4.68. The van der Waals surface area contributed by atoms with Gasteiger partial charge in [-0.2, -0.15) is 0 Å². The fourth-order valence-corrected chi connectivity index (χ4v) is 2.99. The van der Waals surface area contributed by atoms with Gasteiger partial charge in [0.15, 0.2) is 6.10 Å². The summed E-state index contributed by atoms with van der Waals surface area (Å²) in [6, 6.07) is 9.71. The molecule has 2 aromatic carbocycles. The third kappa shape index (κ3) is 5.82. The number of amides is 1. The molecule has 8 heteroatoms. The van der Waals surface area contributed by atoms with E-state index in [1.54, 1.807) is 12.1 Å². The molecule has 2 aromatic rings. The van der Waals surface area contributed by atoms with Crippen LogP contribution in [0.25, 0.3) is 0 Å². The van der Waals surface area contributed by atoms with E-state index in [1.807, 2.05) is 12.1 Å². The van der Waals surface area contributed by atoms with Crippen LogP contribution in [-0.2, 0) is 20.8 Å². The van der Waals surface area contributed by atoms with Crippen molar-refractivity contribution in [1.82, 2.24) is 0 Å². The Morgan fingerprint density at radius 1 is 1.14 bits per heavy atom. The summed E-state index contributed by atoms with van der Waals surface area (Å²) < 4.78 is 37.3. The number of morpholine rings is 1. The first kappa shape index (κ1) is 20.9. The molecule has 0 unspecified atom stereocenters. The second kappa shape index (κ2) is 9.58. The Morgan fingerprint density at radius 2 is 1.83 bits per heavy atom. The van der Waals surface area contributed by atoms with Crippen molar-refractivity contribution >= 4 is 17.6 Å². The summed E-state index contributed by atoms with van der Waals surface area (Å²) in [5.41, 5.74) is 1.08. The number of hydrogen-bond acceptors (Lipinski definition) is 4. The number of rotatable bonds is 6. The first-order valence-corrected chi connectivity index (χ1v) is 9.39. The van der Waals surface area contributed by atoms with Gasteiger partial charge in [-0.3, -0.25) is 4.79 Å². The molecule has 0 radical (unpaired) electrons. The van der Waals surface area contributed by atoms with Crippen LogP contribution in [0.15, 0.2) is 42.5 Å². The van der Waals surface area contributed by atoms with E-state index in [0.29, 0.717) is 5.56 Å². The van der Waals surface area contributed by atoms with E-state index in [2.05, 4.69) is 5.32 Å². The average molecular weight is 405 g/mol. The molecule has 1 aliphatic heterocycles. The zero-order valence-electron chi connectivity index (χ0n) is 16.0. The van der Waals surface area contributed by atoms with E-state index >= 15 is 0 Å². The fourth-order valence-electron chi connectivity index (χ4n) is 2.99. The zero-order chi connectivity index (χ0) is 20.8. The Bertz CT molecular complexity index is 867. The van der Waals surface area contributed by atoms with Gasteiger partial charge in [0.25, 0.3) is 5.91 Å². The highest BCUT2D eigenvalue weighted by Gasteiger charge is 2.21. The van der Waals surface area contributed by atoms with Crippen LogP contribution in [0, 0.1) is 11.6 Å². The number of quaternary nitrogens is 1. The van der Waals surface area contributed by atoms with E-state index in [-0.39, 0.29) is 5.69 Å². The molecule has 0 saturated carbocycles. The summed E-state index contributed by atoms with van der Waals surface area (Å²) in [6.45, 7) is 5.60. The van der Waals surface area contributed by atoms with Crippen LogP contribution in [0.3, 0.4) is 0 Å². The number of esters is 1. The highest BCUT2D eigenvalue weighted by molar-refractivity contribution is 5.97. The molecular formula is C21H23F2N2O4+. The van der Waals surface area contributed by atoms with Crippen LogP contribution < -0.4 is 10.2 Å². The number of carbonyl (C=O) groups excluding carboxylic acids is 2. The number of hydrogen-bond donors (Lipinski definition) is 2. The van der Waals surface area contributed by atoms with Crippen LogP contribution >= 0.6 is 0 Å². The quantitative estimate of drug-likeness (QED) is 0.716. The minimum absolute atomic E-state index is 0.308. The van der Waals surface area contributed by atoms with Gasteiger partial charge in [0.05, 0.1) is 24.5 Å². The standard InChI is InChI=1S/C21H22F2N2O4/c1-14(20(26)24-19-12-17(22)6-7-18(19)23)29-21(27)16-4-2-15(3-5-16)13-25-8-10-28-11-9-25/h2-7,12,14H,8-11,13H2,1H3,(H,24,26)/p+1/t14-/m1/s1. The molecule has 1 fully saturated rings. The molecule has 2 N–H and O–H groups in total. The van der Waals surface area contributed by atoms with Gasteiger partial charge < -0.3 is 19.7 Å². The van der Waals surface area contributed by atoms with Crippen LogP contribution in [0.1, 0.15) is 22.8 Å². The highest BCUT2D eigenvalue weighted by Crippen LogP contribution is 2.16. The topological polar surface area (TPSA) is 69.1 Å². The van der Waals surface area contributed by atoms with Crippen molar-refractivity contribution in [2.24, 2.45) is 0 Å². The molecular weight excluding hydrogens is 382 g/mol. The summed E-state index contributed by atoms with van der Waals surface area (Å²) in [5, 5.41) is 2.22. The molecule has 1 amide bonds. The minimum Gasteiger partial charge on any atom is -0.449 e. The Labute approximate surface area is 167 Å². The van der Waals surface area contributed by atoms with E-state index in [0.717, 1.165) is 56.6 Å². The van der Waals surface area contributed by atoms with Crippen molar-refractivity contribution in [2.75, 3.05) is 31.6 Å². The molecule has 0 aromatic heterocycles. The summed E-state index contributed by atoms with van der Waals surface area (Å²) in [4.78, 5) is 25.8. The molecule has 1 heterocycles. The molecule has 1 aliphatic rings. The normalized spacial score (nSPS) is 15.6. The lowest BCUT2D eigenvalue weighted by Gasteiger charge is -2.23. The Kier molecular flexibility index (Phi) is 6.90. The van der Waals surface area contributed by atoms with Crippen molar-refractivity contribution in [3.05, 3.63) is 65.2 Å². The zero-order valence-corrected chi connectivity index (χ0v) is 16.0. The monoisotopic (exact) mass is 405 g/mol. The molecule has 3 rings (SSSR count). The number of benzene rings is 2. The van der Waals surface area contributed by atoms with Gasteiger partial charge in [-0.05, 0) is 31.2 Å². The molecule has 0 spiro atoms. The predicted molar refractivity (Wildman–Crippen MR) is 102 cm³/mol.